The first-order chi connectivity index (χ1) is 12.4. The Morgan fingerprint density at radius 1 is 1.50 bits per heavy atom. The Balaban J connectivity index is 2.17. The molecule has 0 bridgehead atoms. The highest BCUT2D eigenvalue weighted by molar-refractivity contribution is 7.11. The van der Waals surface area contributed by atoms with Gasteiger partial charge in [-0.2, -0.15) is 0 Å². The Bertz CT molecular complexity index is 887. The van der Waals surface area contributed by atoms with Gasteiger partial charge in [-0.25, -0.2) is 9.37 Å². The van der Waals surface area contributed by atoms with E-state index in [-0.39, 0.29) is 17.5 Å². The number of carbonyl (C=O) groups is 2. The molecule has 136 valence electrons. The smallest absolute Gasteiger partial charge is 0.321 e. The summed E-state index contributed by atoms with van der Waals surface area (Å²) in [6.07, 6.45) is 1.58. The second-order valence-electron chi connectivity index (χ2n) is 5.75. The molecule has 2 atom stereocenters. The molecule has 0 aliphatic carbocycles. The van der Waals surface area contributed by atoms with Crippen LogP contribution in [0.2, 0.25) is 5.02 Å². The van der Waals surface area contributed by atoms with Crippen LogP contribution in [0, 0.1) is 11.7 Å². The minimum atomic E-state index is -1.33. The van der Waals surface area contributed by atoms with Gasteiger partial charge in [0.15, 0.2) is 16.8 Å². The summed E-state index contributed by atoms with van der Waals surface area (Å²) in [6, 6.07) is 4.00. The van der Waals surface area contributed by atoms with Gasteiger partial charge in [0.25, 0.3) is 0 Å². The predicted octanol–water partition coefficient (Wildman–Crippen LogP) is 2.91. The first-order valence-corrected chi connectivity index (χ1v) is 9.05. The van der Waals surface area contributed by atoms with E-state index in [1.54, 1.807) is 25.4 Å². The summed E-state index contributed by atoms with van der Waals surface area (Å²) in [4.78, 5) is 33.9. The molecule has 1 N–H and O–H groups in total. The average Bonchev–Trinajstić information content (AvgIpc) is 3.11. The molecule has 6 nitrogen and oxygen atoms in total. The Morgan fingerprint density at radius 2 is 2.27 bits per heavy atom. The summed E-state index contributed by atoms with van der Waals surface area (Å²) in [5.74, 6) is -2.88. The lowest BCUT2D eigenvalue weighted by Gasteiger charge is -2.36. The largest absolute Gasteiger partial charge is 0.465 e. The number of aliphatic imine (C=N–C) groups is 1. The number of nitrogens with one attached hydrogen (secondary N) is 1. The van der Waals surface area contributed by atoms with Gasteiger partial charge >= 0.3 is 5.97 Å². The fraction of sp³-hybridized carbons (Fsp3) is 0.294. The highest BCUT2D eigenvalue weighted by Gasteiger charge is 2.50. The Hall–Kier alpha value is -2.32. The Labute approximate surface area is 158 Å². The van der Waals surface area contributed by atoms with Crippen LogP contribution in [0.1, 0.15) is 24.4 Å². The van der Waals surface area contributed by atoms with Gasteiger partial charge < -0.3 is 10.1 Å². The van der Waals surface area contributed by atoms with Crippen molar-refractivity contribution in [1.29, 1.82) is 0 Å². The minimum Gasteiger partial charge on any atom is -0.465 e. The van der Waals surface area contributed by atoms with Crippen molar-refractivity contribution in [2.75, 3.05) is 6.61 Å². The quantitative estimate of drug-likeness (QED) is 0.637. The van der Waals surface area contributed by atoms with E-state index in [1.165, 1.54) is 29.5 Å². The van der Waals surface area contributed by atoms with Gasteiger partial charge in [-0.3, -0.25) is 14.6 Å². The van der Waals surface area contributed by atoms with E-state index in [4.69, 9.17) is 16.3 Å². The van der Waals surface area contributed by atoms with Crippen LogP contribution in [0.3, 0.4) is 0 Å². The van der Waals surface area contributed by atoms with E-state index in [9.17, 15) is 14.0 Å². The van der Waals surface area contributed by atoms with Crippen LogP contribution in [0.25, 0.3) is 0 Å². The van der Waals surface area contributed by atoms with Crippen LogP contribution in [0.4, 0.5) is 4.39 Å². The maximum absolute atomic E-state index is 13.6. The van der Waals surface area contributed by atoms with E-state index in [1.807, 2.05) is 0 Å². The fourth-order valence-corrected chi connectivity index (χ4v) is 3.58. The zero-order valence-corrected chi connectivity index (χ0v) is 15.5. The normalized spacial score (nSPS) is 22.5. The number of carbonyl (C=O) groups excluding carboxylic acids is 2. The van der Waals surface area contributed by atoms with E-state index in [0.717, 1.165) is 0 Å². The number of rotatable bonds is 4. The summed E-state index contributed by atoms with van der Waals surface area (Å²) in [5, 5.41) is 4.73. The van der Waals surface area contributed by atoms with Crippen molar-refractivity contribution in [3.05, 3.63) is 51.2 Å². The molecule has 1 aromatic carbocycles. The van der Waals surface area contributed by atoms with E-state index in [0.29, 0.717) is 10.6 Å². The molecule has 3 rings (SSSR count). The topological polar surface area (TPSA) is 80.7 Å². The van der Waals surface area contributed by atoms with Crippen molar-refractivity contribution in [2.45, 2.75) is 19.4 Å². The van der Waals surface area contributed by atoms with Crippen molar-refractivity contribution in [1.82, 2.24) is 10.3 Å². The molecular formula is C17H15ClFN3O3S. The van der Waals surface area contributed by atoms with Gasteiger partial charge in [0.1, 0.15) is 11.4 Å². The van der Waals surface area contributed by atoms with Crippen LogP contribution in [0.15, 0.2) is 34.8 Å². The van der Waals surface area contributed by atoms with Crippen molar-refractivity contribution in [3.63, 3.8) is 0 Å². The van der Waals surface area contributed by atoms with Crippen molar-refractivity contribution in [2.24, 2.45) is 10.9 Å². The number of aromatic nitrogens is 1. The minimum absolute atomic E-state index is 0.117. The van der Waals surface area contributed by atoms with E-state index < -0.39 is 29.2 Å². The predicted molar refractivity (Wildman–Crippen MR) is 95.7 cm³/mol. The lowest BCUT2D eigenvalue weighted by atomic mass is 9.78. The van der Waals surface area contributed by atoms with Gasteiger partial charge in [-0.15, -0.1) is 11.3 Å². The summed E-state index contributed by atoms with van der Waals surface area (Å²) >= 11 is 7.20. The van der Waals surface area contributed by atoms with Gasteiger partial charge in [0, 0.05) is 11.6 Å². The number of halogens is 2. The number of amidine groups is 1. The van der Waals surface area contributed by atoms with Crippen molar-refractivity contribution >= 4 is 40.6 Å². The van der Waals surface area contributed by atoms with Gasteiger partial charge in [0.2, 0.25) is 5.91 Å². The van der Waals surface area contributed by atoms with Crippen LogP contribution in [-0.4, -0.2) is 29.3 Å². The summed E-state index contributed by atoms with van der Waals surface area (Å²) in [7, 11) is 0. The molecular weight excluding hydrogens is 381 g/mol. The number of esters is 1. The molecule has 0 saturated heterocycles. The van der Waals surface area contributed by atoms with Crippen LogP contribution >= 0.6 is 22.9 Å². The fourth-order valence-electron chi connectivity index (χ4n) is 2.81. The Morgan fingerprint density at radius 3 is 2.88 bits per heavy atom. The molecule has 1 aromatic heterocycles. The SMILES string of the molecule is CCOC(=O)C1C(=O)NC(c2nccs2)=NC1(C)c1ccc(F)c(Cl)c1. The molecule has 9 heteroatoms. The molecule has 2 unspecified atom stereocenters. The first kappa shape index (κ1) is 18.5. The average molecular weight is 396 g/mol. The number of thiazole rings is 1. The number of amides is 1. The lowest BCUT2D eigenvalue weighted by molar-refractivity contribution is -0.155. The highest BCUT2D eigenvalue weighted by atomic mass is 35.5. The van der Waals surface area contributed by atoms with Crippen LogP contribution < -0.4 is 5.32 Å². The molecule has 2 aromatic rings. The van der Waals surface area contributed by atoms with Gasteiger partial charge in [-0.05, 0) is 31.5 Å². The third kappa shape index (κ3) is 3.22. The monoisotopic (exact) mass is 395 g/mol. The maximum atomic E-state index is 13.6. The molecule has 26 heavy (non-hydrogen) atoms. The number of benzene rings is 1. The van der Waals surface area contributed by atoms with Crippen LogP contribution in [0.5, 0.6) is 0 Å². The number of ether oxygens (including phenoxy) is 1. The standard InChI is InChI=1S/C17H15ClFN3O3S/c1-3-25-16(24)12-14(23)21-13(15-20-6-7-26-15)22-17(12,2)9-4-5-11(19)10(18)8-9/h4-8,12H,3H2,1-2H3,(H,21,22,23). The second-order valence-corrected chi connectivity index (χ2v) is 7.05. The second kappa shape index (κ2) is 7.13. The van der Waals surface area contributed by atoms with Crippen molar-refractivity contribution < 1.29 is 18.7 Å². The third-order valence-electron chi connectivity index (χ3n) is 4.07. The lowest BCUT2D eigenvalue weighted by Crippen LogP contribution is -2.54. The van der Waals surface area contributed by atoms with E-state index >= 15 is 0 Å². The Kier molecular flexibility index (Phi) is 5.06. The summed E-state index contributed by atoms with van der Waals surface area (Å²) in [6.45, 7) is 3.38. The molecule has 0 fully saturated rings. The molecule has 2 heterocycles. The highest BCUT2D eigenvalue weighted by Crippen LogP contribution is 2.39. The molecule has 0 radical (unpaired) electrons. The van der Waals surface area contributed by atoms with Crippen LogP contribution in [-0.2, 0) is 19.9 Å². The molecule has 1 aliphatic rings. The number of nitrogens with zero attached hydrogens (tertiary/aromatic N) is 2. The van der Waals surface area contributed by atoms with Crippen molar-refractivity contribution in [3.8, 4) is 0 Å². The maximum Gasteiger partial charge on any atom is 0.321 e. The van der Waals surface area contributed by atoms with Gasteiger partial charge in [-0.1, -0.05) is 17.7 Å². The molecule has 0 saturated carbocycles. The third-order valence-corrected chi connectivity index (χ3v) is 5.14. The molecule has 0 spiro atoms. The van der Waals surface area contributed by atoms with E-state index in [2.05, 4.69) is 15.3 Å². The molecule has 1 amide bonds. The van der Waals surface area contributed by atoms with Gasteiger partial charge in [0.05, 0.1) is 11.6 Å². The first-order valence-electron chi connectivity index (χ1n) is 7.79. The molecule has 1 aliphatic heterocycles. The zero-order valence-electron chi connectivity index (χ0n) is 14.0. The zero-order chi connectivity index (χ0) is 18.9. The summed E-state index contributed by atoms with van der Waals surface area (Å²) < 4.78 is 18.7. The summed E-state index contributed by atoms with van der Waals surface area (Å²) in [5.41, 5.74) is -0.904. The number of hydrogen-bond donors (Lipinski definition) is 1. The number of hydrogen-bond acceptors (Lipinski definition) is 6.